The van der Waals surface area contributed by atoms with Gasteiger partial charge in [-0.3, -0.25) is 0 Å². The highest BCUT2D eigenvalue weighted by Crippen LogP contribution is 2.35. The average Bonchev–Trinajstić information content (AvgIpc) is 2.81. The van der Waals surface area contributed by atoms with E-state index in [9.17, 15) is 9.90 Å². The van der Waals surface area contributed by atoms with Crippen LogP contribution in [0.3, 0.4) is 0 Å². The Bertz CT molecular complexity index is 1170. The van der Waals surface area contributed by atoms with E-state index in [0.717, 1.165) is 44.2 Å². The molecule has 170 valence electrons. The highest BCUT2D eigenvalue weighted by Gasteiger charge is 2.21. The van der Waals surface area contributed by atoms with Crippen LogP contribution in [-0.2, 0) is 24.3 Å². The van der Waals surface area contributed by atoms with Gasteiger partial charge in [-0.05, 0) is 78.4 Å². The van der Waals surface area contributed by atoms with E-state index in [2.05, 4.69) is 54.0 Å². The molecule has 5 nitrogen and oxygen atoms in total. The fourth-order valence-electron chi connectivity index (χ4n) is 4.39. The van der Waals surface area contributed by atoms with E-state index in [-0.39, 0.29) is 0 Å². The number of nitrogens with zero attached hydrogens (tertiary/aromatic N) is 2. The van der Waals surface area contributed by atoms with Crippen LogP contribution < -0.4 is 9.80 Å². The number of aryl methyl sites for hydroxylation is 1. The number of aliphatic carboxylic acids is 1. The second-order valence-electron chi connectivity index (χ2n) is 8.54. The molecule has 1 aliphatic heterocycles. The van der Waals surface area contributed by atoms with Crippen molar-refractivity contribution in [2.45, 2.75) is 33.4 Å². The van der Waals surface area contributed by atoms with Gasteiger partial charge in [0.05, 0.1) is 11.4 Å². The van der Waals surface area contributed by atoms with Gasteiger partial charge in [-0.1, -0.05) is 36.4 Å². The van der Waals surface area contributed by atoms with Gasteiger partial charge in [0.1, 0.15) is 5.75 Å². The van der Waals surface area contributed by atoms with E-state index in [1.807, 2.05) is 24.3 Å². The number of carbonyl (C=O) groups is 1. The fraction of sp³-hybridized carbons (Fsp3) is 0.250. The molecule has 0 spiro atoms. The number of phenolic OH excluding ortho intramolecular Hbond substituents is 1. The van der Waals surface area contributed by atoms with Gasteiger partial charge in [0, 0.05) is 32.3 Å². The lowest BCUT2D eigenvalue weighted by Crippen LogP contribution is -2.32. The van der Waals surface area contributed by atoms with Crippen LogP contribution in [0.4, 0.5) is 11.4 Å². The van der Waals surface area contributed by atoms with E-state index >= 15 is 0 Å². The first kappa shape index (κ1) is 22.5. The van der Waals surface area contributed by atoms with Crippen molar-refractivity contribution in [3.05, 3.63) is 94.6 Å². The number of hydrogen-bond donors (Lipinski definition) is 2. The smallest absolute Gasteiger partial charge is 0.328 e. The third-order valence-electron chi connectivity index (χ3n) is 6.17. The lowest BCUT2D eigenvalue weighted by atomic mass is 9.98. The van der Waals surface area contributed by atoms with Crippen molar-refractivity contribution in [2.75, 3.05) is 22.9 Å². The van der Waals surface area contributed by atoms with Crippen LogP contribution in [0.1, 0.15) is 34.7 Å². The Hall–Kier alpha value is -3.73. The standard InChI is InChI=1S/C28H30N2O3/c1-3-29(18-22-7-5-21(6-8-22)9-13-28(32)33)27-16-20(2)4-12-26(27)30-15-14-23-17-25(31)11-10-24(23)19-30/h4-13,16-17,31H,3,14-15,18-19H2,1-2H3,(H,32,33)/b13-9+. The molecule has 2 N–H and O–H groups in total. The predicted molar refractivity (Wildman–Crippen MR) is 134 cm³/mol. The second-order valence-corrected chi connectivity index (χ2v) is 8.54. The van der Waals surface area contributed by atoms with Crippen LogP contribution in [-0.4, -0.2) is 29.3 Å². The molecule has 0 bridgehead atoms. The van der Waals surface area contributed by atoms with Crippen LogP contribution in [0.15, 0.2) is 66.7 Å². The minimum Gasteiger partial charge on any atom is -0.508 e. The van der Waals surface area contributed by atoms with Gasteiger partial charge in [-0.15, -0.1) is 0 Å². The van der Waals surface area contributed by atoms with Crippen molar-refractivity contribution in [3.63, 3.8) is 0 Å². The van der Waals surface area contributed by atoms with Gasteiger partial charge in [0.15, 0.2) is 0 Å². The van der Waals surface area contributed by atoms with Gasteiger partial charge in [-0.25, -0.2) is 4.79 Å². The molecule has 1 heterocycles. The first-order valence-electron chi connectivity index (χ1n) is 11.3. The first-order valence-corrected chi connectivity index (χ1v) is 11.3. The average molecular weight is 443 g/mol. The zero-order valence-corrected chi connectivity index (χ0v) is 19.2. The Morgan fingerprint density at radius 3 is 2.58 bits per heavy atom. The third kappa shape index (κ3) is 5.37. The molecule has 5 heteroatoms. The Morgan fingerprint density at radius 1 is 1.06 bits per heavy atom. The Morgan fingerprint density at radius 2 is 1.85 bits per heavy atom. The molecule has 33 heavy (non-hydrogen) atoms. The summed E-state index contributed by atoms with van der Waals surface area (Å²) in [6, 6.07) is 20.4. The molecule has 0 atom stereocenters. The van der Waals surface area contributed by atoms with Crippen LogP contribution in [0.2, 0.25) is 0 Å². The summed E-state index contributed by atoms with van der Waals surface area (Å²) in [6.45, 7) is 7.68. The summed E-state index contributed by atoms with van der Waals surface area (Å²) in [7, 11) is 0. The van der Waals surface area contributed by atoms with Crippen molar-refractivity contribution in [1.29, 1.82) is 0 Å². The number of hydrogen-bond acceptors (Lipinski definition) is 4. The minimum absolute atomic E-state index is 0.333. The number of benzene rings is 3. The molecular formula is C28H30N2O3. The Labute approximate surface area is 195 Å². The van der Waals surface area contributed by atoms with E-state index in [0.29, 0.717) is 5.75 Å². The molecule has 0 aliphatic carbocycles. The van der Waals surface area contributed by atoms with Crippen LogP contribution in [0.25, 0.3) is 6.08 Å². The van der Waals surface area contributed by atoms with Crippen molar-refractivity contribution < 1.29 is 15.0 Å². The summed E-state index contributed by atoms with van der Waals surface area (Å²) in [4.78, 5) is 15.6. The Balaban J connectivity index is 1.58. The van der Waals surface area contributed by atoms with Crippen LogP contribution in [0.5, 0.6) is 5.75 Å². The van der Waals surface area contributed by atoms with Gasteiger partial charge >= 0.3 is 5.97 Å². The van der Waals surface area contributed by atoms with Gasteiger partial charge in [-0.2, -0.15) is 0 Å². The van der Waals surface area contributed by atoms with Gasteiger partial charge in [0.25, 0.3) is 0 Å². The first-order chi connectivity index (χ1) is 15.9. The molecule has 0 saturated carbocycles. The van der Waals surface area contributed by atoms with Crippen LogP contribution in [0, 0.1) is 6.92 Å². The molecule has 0 saturated heterocycles. The zero-order chi connectivity index (χ0) is 23.4. The molecule has 3 aromatic carbocycles. The zero-order valence-electron chi connectivity index (χ0n) is 19.2. The molecule has 0 aromatic heterocycles. The SMILES string of the molecule is CCN(Cc1ccc(/C=C/C(=O)O)cc1)c1cc(C)ccc1N1CCc2cc(O)ccc2C1. The number of carboxylic acids is 1. The minimum atomic E-state index is -0.944. The topological polar surface area (TPSA) is 64.0 Å². The fourth-order valence-corrected chi connectivity index (χ4v) is 4.39. The summed E-state index contributed by atoms with van der Waals surface area (Å²) < 4.78 is 0. The number of fused-ring (bicyclic) bond motifs is 1. The van der Waals surface area contributed by atoms with Crippen molar-refractivity contribution in [3.8, 4) is 5.75 Å². The maximum Gasteiger partial charge on any atom is 0.328 e. The number of anilines is 2. The van der Waals surface area contributed by atoms with E-state index in [1.165, 1.54) is 33.6 Å². The third-order valence-corrected chi connectivity index (χ3v) is 6.17. The quantitative estimate of drug-likeness (QED) is 0.481. The second kappa shape index (κ2) is 9.82. The highest BCUT2D eigenvalue weighted by molar-refractivity contribution is 5.85. The Kier molecular flexibility index (Phi) is 6.68. The van der Waals surface area contributed by atoms with Gasteiger partial charge < -0.3 is 20.0 Å². The summed E-state index contributed by atoms with van der Waals surface area (Å²) >= 11 is 0. The molecule has 0 unspecified atom stereocenters. The molecule has 0 radical (unpaired) electrons. The van der Waals surface area contributed by atoms with Gasteiger partial charge in [0.2, 0.25) is 0 Å². The highest BCUT2D eigenvalue weighted by atomic mass is 16.4. The van der Waals surface area contributed by atoms with Crippen LogP contribution >= 0.6 is 0 Å². The number of rotatable bonds is 7. The van der Waals surface area contributed by atoms with Crippen molar-refractivity contribution >= 4 is 23.4 Å². The maximum atomic E-state index is 10.7. The van der Waals surface area contributed by atoms with Crippen molar-refractivity contribution in [2.24, 2.45) is 0 Å². The molecule has 0 fully saturated rings. The molecule has 0 amide bonds. The summed E-state index contributed by atoms with van der Waals surface area (Å²) in [5.74, 6) is -0.611. The summed E-state index contributed by atoms with van der Waals surface area (Å²) in [6.07, 6.45) is 3.68. The normalized spacial score (nSPS) is 13.2. The van der Waals surface area contributed by atoms with E-state index in [1.54, 1.807) is 12.1 Å². The molecule has 4 rings (SSSR count). The molecule has 1 aliphatic rings. The lowest BCUT2D eigenvalue weighted by molar-refractivity contribution is -0.131. The number of phenols is 1. The van der Waals surface area contributed by atoms with E-state index < -0.39 is 5.97 Å². The lowest BCUT2D eigenvalue weighted by Gasteiger charge is -2.35. The summed E-state index contributed by atoms with van der Waals surface area (Å²) in [5, 5.41) is 18.6. The maximum absolute atomic E-state index is 10.7. The molecule has 3 aromatic rings. The molecular weight excluding hydrogens is 412 g/mol. The number of aromatic hydroxyl groups is 1. The monoisotopic (exact) mass is 442 g/mol. The predicted octanol–water partition coefficient (Wildman–Crippen LogP) is 5.39. The van der Waals surface area contributed by atoms with E-state index in [4.69, 9.17) is 5.11 Å². The van der Waals surface area contributed by atoms with Crippen molar-refractivity contribution in [1.82, 2.24) is 0 Å². The summed E-state index contributed by atoms with van der Waals surface area (Å²) in [5.41, 5.74) is 8.21. The largest absolute Gasteiger partial charge is 0.508 e. The number of carboxylic acid groups (broad SMARTS) is 1.